The minimum atomic E-state index is 0.189. The molecule has 0 aromatic heterocycles. The molecule has 0 atom stereocenters. The molecule has 0 radical (unpaired) electrons. The highest BCUT2D eigenvalue weighted by molar-refractivity contribution is 5.83. The quantitative estimate of drug-likeness (QED) is 0.568. The summed E-state index contributed by atoms with van der Waals surface area (Å²) in [5, 5.41) is 0. The first-order valence-electron chi connectivity index (χ1n) is 9.74. The number of methoxy groups -OCH3 is 2. The van der Waals surface area contributed by atoms with Crippen LogP contribution < -0.4 is 9.47 Å². The van der Waals surface area contributed by atoms with E-state index in [2.05, 4.69) is 65.0 Å². The summed E-state index contributed by atoms with van der Waals surface area (Å²) in [5.41, 5.74) is 7.19. The number of rotatable bonds is 4. The van der Waals surface area contributed by atoms with Gasteiger partial charge in [-0.05, 0) is 70.6 Å². The second-order valence-corrected chi connectivity index (χ2v) is 8.94. The normalized spacial score (nSPS) is 18.0. The Morgan fingerprint density at radius 1 is 0.889 bits per heavy atom. The van der Waals surface area contributed by atoms with Crippen molar-refractivity contribution in [3.63, 3.8) is 0 Å². The molecule has 144 valence electrons. The Labute approximate surface area is 164 Å². The van der Waals surface area contributed by atoms with Crippen LogP contribution in [0.5, 0.6) is 11.5 Å². The van der Waals surface area contributed by atoms with Crippen molar-refractivity contribution in [2.45, 2.75) is 58.3 Å². The standard InChI is InChI=1S/C25H32O2/c1-17(15-18-11-12-21(26-6)22(16-18)27-7)19-9-8-10-20-23(19)25(4,5)14-13-24(20,2)3/h8-12,15-16H,13-14H2,1-7H3. The molecule has 2 heteroatoms. The van der Waals surface area contributed by atoms with Crippen LogP contribution in [0.3, 0.4) is 0 Å². The predicted octanol–water partition coefficient (Wildman–Crippen LogP) is 6.61. The van der Waals surface area contributed by atoms with Gasteiger partial charge in [-0.3, -0.25) is 0 Å². The predicted molar refractivity (Wildman–Crippen MR) is 115 cm³/mol. The molecule has 2 aromatic rings. The molecule has 2 nitrogen and oxygen atoms in total. The molecule has 1 aliphatic carbocycles. The first-order chi connectivity index (χ1) is 12.7. The molecule has 0 bridgehead atoms. The maximum Gasteiger partial charge on any atom is 0.161 e. The molecule has 0 aliphatic heterocycles. The number of hydrogen-bond acceptors (Lipinski definition) is 2. The monoisotopic (exact) mass is 364 g/mol. The van der Waals surface area contributed by atoms with E-state index >= 15 is 0 Å². The molecule has 0 fully saturated rings. The van der Waals surface area contributed by atoms with Crippen molar-refractivity contribution in [3.8, 4) is 11.5 Å². The van der Waals surface area contributed by atoms with Crippen molar-refractivity contribution in [1.29, 1.82) is 0 Å². The SMILES string of the molecule is COc1ccc(C=C(C)c2cccc3c2C(C)(C)CCC3(C)C)cc1OC. The van der Waals surface area contributed by atoms with Crippen molar-refractivity contribution in [2.75, 3.05) is 14.2 Å². The zero-order chi connectivity index (χ0) is 19.8. The van der Waals surface area contributed by atoms with Gasteiger partial charge in [0.05, 0.1) is 14.2 Å². The van der Waals surface area contributed by atoms with Crippen LogP contribution in [0.25, 0.3) is 11.6 Å². The molecule has 0 N–H and O–H groups in total. The van der Waals surface area contributed by atoms with Crippen LogP contribution in [0.15, 0.2) is 36.4 Å². The number of fused-ring (bicyclic) bond motifs is 1. The minimum absolute atomic E-state index is 0.189. The van der Waals surface area contributed by atoms with Gasteiger partial charge in [0, 0.05) is 0 Å². The Kier molecular flexibility index (Phi) is 5.12. The molecule has 3 rings (SSSR count). The Hall–Kier alpha value is -2.22. The van der Waals surface area contributed by atoms with Crippen LogP contribution in [0.2, 0.25) is 0 Å². The van der Waals surface area contributed by atoms with Crippen molar-refractivity contribution in [2.24, 2.45) is 0 Å². The van der Waals surface area contributed by atoms with Gasteiger partial charge in [0.25, 0.3) is 0 Å². The molecule has 0 saturated heterocycles. The number of hydrogen-bond donors (Lipinski definition) is 0. The van der Waals surface area contributed by atoms with E-state index in [0.29, 0.717) is 0 Å². The van der Waals surface area contributed by atoms with Crippen molar-refractivity contribution in [3.05, 3.63) is 58.7 Å². The average molecular weight is 365 g/mol. The molecular weight excluding hydrogens is 332 g/mol. The van der Waals surface area contributed by atoms with Crippen molar-refractivity contribution < 1.29 is 9.47 Å². The third-order valence-electron chi connectivity index (χ3n) is 6.06. The molecule has 1 aliphatic rings. The number of allylic oxidation sites excluding steroid dienone is 1. The molecule has 2 aromatic carbocycles. The highest BCUT2D eigenvalue weighted by atomic mass is 16.5. The van der Waals surface area contributed by atoms with Gasteiger partial charge >= 0.3 is 0 Å². The lowest BCUT2D eigenvalue weighted by Crippen LogP contribution is -2.34. The Balaban J connectivity index is 2.11. The minimum Gasteiger partial charge on any atom is -0.493 e. The fourth-order valence-electron chi connectivity index (χ4n) is 4.33. The van der Waals surface area contributed by atoms with Gasteiger partial charge in [-0.2, -0.15) is 0 Å². The zero-order valence-electron chi connectivity index (χ0n) is 17.8. The number of ether oxygens (including phenoxy) is 2. The molecule has 0 amide bonds. The summed E-state index contributed by atoms with van der Waals surface area (Å²) in [6, 6.07) is 12.9. The summed E-state index contributed by atoms with van der Waals surface area (Å²) < 4.78 is 10.8. The average Bonchev–Trinajstić information content (AvgIpc) is 2.65. The van der Waals surface area contributed by atoms with Gasteiger partial charge in [0.2, 0.25) is 0 Å². The Morgan fingerprint density at radius 3 is 2.22 bits per heavy atom. The first-order valence-corrected chi connectivity index (χ1v) is 9.74. The lowest BCUT2D eigenvalue weighted by Gasteiger charge is -2.43. The van der Waals surface area contributed by atoms with E-state index in [1.54, 1.807) is 14.2 Å². The highest BCUT2D eigenvalue weighted by Gasteiger charge is 2.38. The van der Waals surface area contributed by atoms with Crippen molar-refractivity contribution in [1.82, 2.24) is 0 Å². The summed E-state index contributed by atoms with van der Waals surface area (Å²) in [5.74, 6) is 1.52. The van der Waals surface area contributed by atoms with Crippen LogP contribution >= 0.6 is 0 Å². The third kappa shape index (κ3) is 3.63. The zero-order valence-corrected chi connectivity index (χ0v) is 17.8. The van der Waals surface area contributed by atoms with Crippen LogP contribution in [0.1, 0.15) is 69.7 Å². The summed E-state index contributed by atoms with van der Waals surface area (Å²) in [7, 11) is 3.34. The smallest absolute Gasteiger partial charge is 0.161 e. The number of benzene rings is 2. The van der Waals surface area contributed by atoms with E-state index in [-0.39, 0.29) is 10.8 Å². The van der Waals surface area contributed by atoms with Crippen LogP contribution in [0.4, 0.5) is 0 Å². The molecule has 0 spiro atoms. The second-order valence-electron chi connectivity index (χ2n) is 8.94. The van der Waals surface area contributed by atoms with E-state index in [1.165, 1.54) is 35.1 Å². The lowest BCUT2D eigenvalue weighted by atomic mass is 9.61. The van der Waals surface area contributed by atoms with E-state index in [4.69, 9.17) is 9.47 Å². The van der Waals surface area contributed by atoms with E-state index in [1.807, 2.05) is 12.1 Å². The van der Waals surface area contributed by atoms with E-state index < -0.39 is 0 Å². The first kappa shape index (κ1) is 19.5. The van der Waals surface area contributed by atoms with E-state index in [0.717, 1.165) is 17.1 Å². The van der Waals surface area contributed by atoms with Crippen LogP contribution in [-0.4, -0.2) is 14.2 Å². The van der Waals surface area contributed by atoms with Gasteiger partial charge < -0.3 is 9.47 Å². The van der Waals surface area contributed by atoms with Crippen molar-refractivity contribution >= 4 is 11.6 Å². The summed E-state index contributed by atoms with van der Waals surface area (Å²) in [6.07, 6.45) is 4.69. The Bertz CT molecular complexity index is 872. The fraction of sp³-hybridized carbons (Fsp3) is 0.440. The topological polar surface area (TPSA) is 18.5 Å². The fourth-order valence-corrected chi connectivity index (χ4v) is 4.33. The van der Waals surface area contributed by atoms with Gasteiger partial charge in [0.1, 0.15) is 0 Å². The molecule has 0 unspecified atom stereocenters. The molecule has 27 heavy (non-hydrogen) atoms. The summed E-state index contributed by atoms with van der Waals surface area (Å²) in [6.45, 7) is 11.7. The molecule has 0 heterocycles. The van der Waals surface area contributed by atoms with Gasteiger partial charge in [-0.15, -0.1) is 0 Å². The van der Waals surface area contributed by atoms with Gasteiger partial charge in [-0.25, -0.2) is 0 Å². The third-order valence-corrected chi connectivity index (χ3v) is 6.06. The maximum absolute atomic E-state index is 5.46. The van der Waals surface area contributed by atoms with Crippen LogP contribution in [0, 0.1) is 0 Å². The molecule has 0 saturated carbocycles. The Morgan fingerprint density at radius 2 is 1.56 bits per heavy atom. The largest absolute Gasteiger partial charge is 0.493 e. The second kappa shape index (κ2) is 7.07. The summed E-state index contributed by atoms with van der Waals surface area (Å²) in [4.78, 5) is 0. The van der Waals surface area contributed by atoms with Gasteiger partial charge in [-0.1, -0.05) is 58.0 Å². The molecular formula is C25H32O2. The van der Waals surface area contributed by atoms with E-state index in [9.17, 15) is 0 Å². The highest BCUT2D eigenvalue weighted by Crippen LogP contribution is 2.48. The summed E-state index contributed by atoms with van der Waals surface area (Å²) >= 11 is 0. The van der Waals surface area contributed by atoms with Gasteiger partial charge in [0.15, 0.2) is 11.5 Å². The lowest BCUT2D eigenvalue weighted by molar-refractivity contribution is 0.331. The maximum atomic E-state index is 5.46. The van der Waals surface area contributed by atoms with Crippen LogP contribution in [-0.2, 0) is 10.8 Å².